The van der Waals surface area contributed by atoms with Crippen molar-refractivity contribution >= 4 is 28.9 Å². The number of ketones is 2. The van der Waals surface area contributed by atoms with E-state index >= 15 is 0 Å². The summed E-state index contributed by atoms with van der Waals surface area (Å²) in [5.74, 6) is -1.68. The molecule has 1 fully saturated rings. The van der Waals surface area contributed by atoms with E-state index in [1.54, 1.807) is 5.38 Å². The number of rotatable bonds is 8. The number of carboxylic acid groups (broad SMARTS) is 1. The number of carboxylic acids is 1. The van der Waals surface area contributed by atoms with E-state index in [0.29, 0.717) is 21.8 Å². The molecule has 1 aromatic carbocycles. The maximum absolute atomic E-state index is 13.7. The lowest BCUT2D eigenvalue weighted by molar-refractivity contribution is -0.136. The maximum Gasteiger partial charge on any atom is 0.309 e. The van der Waals surface area contributed by atoms with Gasteiger partial charge in [-0.25, -0.2) is 9.37 Å². The van der Waals surface area contributed by atoms with Gasteiger partial charge in [0, 0.05) is 23.3 Å². The summed E-state index contributed by atoms with van der Waals surface area (Å²) in [6.07, 6.45) is 3.54. The van der Waals surface area contributed by atoms with Crippen molar-refractivity contribution in [2.75, 3.05) is 0 Å². The summed E-state index contributed by atoms with van der Waals surface area (Å²) >= 11 is 1.23. The fourth-order valence-electron chi connectivity index (χ4n) is 3.47. The minimum absolute atomic E-state index is 0.00621. The highest BCUT2D eigenvalue weighted by Gasteiger charge is 2.26. The smallest absolute Gasteiger partial charge is 0.309 e. The van der Waals surface area contributed by atoms with E-state index in [-0.39, 0.29) is 36.7 Å². The number of halogens is 1. The monoisotopic (exact) mass is 389 g/mol. The third kappa shape index (κ3) is 5.07. The molecule has 1 saturated carbocycles. The lowest BCUT2D eigenvalue weighted by Gasteiger charge is -2.12. The summed E-state index contributed by atoms with van der Waals surface area (Å²) in [6, 6.07) is 4.00. The highest BCUT2D eigenvalue weighted by Crippen LogP contribution is 2.29. The van der Waals surface area contributed by atoms with Gasteiger partial charge >= 0.3 is 5.97 Å². The van der Waals surface area contributed by atoms with Crippen LogP contribution in [0.25, 0.3) is 0 Å². The zero-order chi connectivity index (χ0) is 19.4. The van der Waals surface area contributed by atoms with Crippen molar-refractivity contribution in [3.8, 4) is 0 Å². The summed E-state index contributed by atoms with van der Waals surface area (Å²) < 4.78 is 13.7. The van der Waals surface area contributed by atoms with E-state index in [1.807, 2.05) is 0 Å². The summed E-state index contributed by atoms with van der Waals surface area (Å²) in [5, 5.41) is 10.9. The number of aromatic nitrogens is 1. The molecule has 1 heterocycles. The molecule has 1 N–H and O–H groups in total. The average Bonchev–Trinajstić information content (AvgIpc) is 3.26. The van der Waals surface area contributed by atoms with Crippen LogP contribution in [0.2, 0.25) is 0 Å². The van der Waals surface area contributed by atoms with Gasteiger partial charge in [-0.3, -0.25) is 14.4 Å². The minimum atomic E-state index is -0.979. The summed E-state index contributed by atoms with van der Waals surface area (Å²) in [6.45, 7) is 0. The summed E-state index contributed by atoms with van der Waals surface area (Å²) in [7, 11) is 0. The van der Waals surface area contributed by atoms with Crippen molar-refractivity contribution in [3.05, 3.63) is 51.2 Å². The minimum Gasteiger partial charge on any atom is -0.481 e. The topological polar surface area (TPSA) is 84.3 Å². The Morgan fingerprint density at radius 2 is 1.89 bits per heavy atom. The fourth-order valence-corrected chi connectivity index (χ4v) is 4.29. The van der Waals surface area contributed by atoms with E-state index in [4.69, 9.17) is 5.11 Å². The fraction of sp³-hybridized carbons (Fsp3) is 0.400. The van der Waals surface area contributed by atoms with Crippen molar-refractivity contribution < 1.29 is 23.9 Å². The molecular weight excluding hydrogens is 369 g/mol. The molecule has 142 valence electrons. The van der Waals surface area contributed by atoms with Crippen LogP contribution in [-0.4, -0.2) is 27.6 Å². The molecule has 1 aliphatic rings. The third-order valence-corrected chi connectivity index (χ3v) is 5.62. The Kier molecular flexibility index (Phi) is 6.11. The van der Waals surface area contributed by atoms with Gasteiger partial charge in [-0.05, 0) is 36.6 Å². The van der Waals surface area contributed by atoms with Crippen LogP contribution in [0.5, 0.6) is 0 Å². The van der Waals surface area contributed by atoms with Crippen LogP contribution < -0.4 is 0 Å². The second kappa shape index (κ2) is 8.52. The number of benzene rings is 1. The molecule has 1 aromatic heterocycles. The van der Waals surface area contributed by atoms with E-state index < -0.39 is 11.8 Å². The van der Waals surface area contributed by atoms with Crippen LogP contribution in [0.15, 0.2) is 23.6 Å². The van der Waals surface area contributed by atoms with Gasteiger partial charge in [0.2, 0.25) is 0 Å². The molecular formula is C20H20FNO4S. The first-order valence-electron chi connectivity index (χ1n) is 8.92. The molecule has 0 atom stereocenters. The van der Waals surface area contributed by atoms with Crippen LogP contribution >= 0.6 is 11.3 Å². The molecule has 1 aliphatic carbocycles. The molecule has 0 radical (unpaired) electrons. The molecule has 0 unspecified atom stereocenters. The molecule has 3 rings (SSSR count). The Morgan fingerprint density at radius 3 is 2.59 bits per heavy atom. The number of hydrogen-bond acceptors (Lipinski definition) is 5. The van der Waals surface area contributed by atoms with Crippen molar-refractivity contribution in [2.24, 2.45) is 5.92 Å². The quantitative estimate of drug-likeness (QED) is 0.697. The van der Waals surface area contributed by atoms with E-state index in [2.05, 4.69) is 4.98 Å². The first-order valence-corrected chi connectivity index (χ1v) is 9.79. The van der Waals surface area contributed by atoms with Crippen LogP contribution in [-0.2, 0) is 28.9 Å². The second-order valence-electron chi connectivity index (χ2n) is 6.84. The lowest BCUT2D eigenvalue weighted by atomic mass is 9.91. The van der Waals surface area contributed by atoms with E-state index in [1.165, 1.54) is 29.5 Å². The molecule has 27 heavy (non-hydrogen) atoms. The summed E-state index contributed by atoms with van der Waals surface area (Å²) in [5.41, 5.74) is 1.26. The van der Waals surface area contributed by atoms with Gasteiger partial charge in [0.1, 0.15) is 16.6 Å². The number of thiazole rings is 1. The number of aliphatic carboxylic acids is 1. The molecule has 0 spiro atoms. The van der Waals surface area contributed by atoms with Gasteiger partial charge in [-0.15, -0.1) is 11.3 Å². The predicted molar refractivity (Wildman–Crippen MR) is 98.6 cm³/mol. The van der Waals surface area contributed by atoms with Gasteiger partial charge in [-0.2, -0.15) is 0 Å². The van der Waals surface area contributed by atoms with Crippen LogP contribution in [0.1, 0.15) is 52.3 Å². The number of hydrogen-bond donors (Lipinski definition) is 1. The van der Waals surface area contributed by atoms with Crippen molar-refractivity contribution in [1.29, 1.82) is 0 Å². The number of carbonyl (C=O) groups is 3. The zero-order valence-electron chi connectivity index (χ0n) is 14.7. The first-order chi connectivity index (χ1) is 12.9. The van der Waals surface area contributed by atoms with Crippen LogP contribution in [0, 0.1) is 11.7 Å². The Hall–Kier alpha value is -2.41. The Labute approximate surface area is 160 Å². The highest BCUT2D eigenvalue weighted by molar-refractivity contribution is 7.09. The van der Waals surface area contributed by atoms with Crippen LogP contribution in [0.4, 0.5) is 4.39 Å². The van der Waals surface area contributed by atoms with E-state index in [9.17, 15) is 18.8 Å². The van der Waals surface area contributed by atoms with Gasteiger partial charge in [0.25, 0.3) is 0 Å². The molecule has 2 aromatic rings. The molecule has 0 amide bonds. The van der Waals surface area contributed by atoms with Gasteiger partial charge in [0.05, 0.1) is 18.5 Å². The second-order valence-corrected chi connectivity index (χ2v) is 7.79. The Morgan fingerprint density at radius 1 is 1.15 bits per heavy atom. The SMILES string of the molecule is O=C(O)Cc1csc(CC(=O)Cc2cc(F)ccc2C(=O)C2CCCC2)n1. The molecule has 5 nitrogen and oxygen atoms in total. The molecule has 0 bridgehead atoms. The normalized spacial score (nSPS) is 14.4. The standard InChI is InChI=1S/C20H20FNO4S/c21-14-5-6-17(20(26)12-3-1-2-4-12)13(7-14)8-16(23)10-18-22-15(11-27-18)9-19(24)25/h5-7,11-12H,1-4,8-10H2,(H,24,25). The molecule has 0 aliphatic heterocycles. The largest absolute Gasteiger partial charge is 0.481 e. The summed E-state index contributed by atoms with van der Waals surface area (Å²) in [4.78, 5) is 40.0. The van der Waals surface area contributed by atoms with Crippen LogP contribution in [0.3, 0.4) is 0 Å². The van der Waals surface area contributed by atoms with Crippen molar-refractivity contribution in [3.63, 3.8) is 0 Å². The predicted octanol–water partition coefficient (Wildman–Crippen LogP) is 3.64. The first kappa shape index (κ1) is 19.4. The van der Waals surface area contributed by atoms with Crippen molar-refractivity contribution in [1.82, 2.24) is 4.98 Å². The maximum atomic E-state index is 13.7. The van der Waals surface area contributed by atoms with E-state index in [0.717, 1.165) is 25.7 Å². The Bertz CT molecular complexity index is 871. The number of nitrogens with zero attached hydrogens (tertiary/aromatic N) is 1. The zero-order valence-corrected chi connectivity index (χ0v) is 15.6. The van der Waals surface area contributed by atoms with Gasteiger partial charge < -0.3 is 5.11 Å². The molecule has 0 saturated heterocycles. The van der Waals surface area contributed by atoms with Gasteiger partial charge in [0.15, 0.2) is 5.78 Å². The molecule has 7 heteroatoms. The van der Waals surface area contributed by atoms with Gasteiger partial charge in [-0.1, -0.05) is 12.8 Å². The Balaban J connectivity index is 1.71. The lowest BCUT2D eigenvalue weighted by Crippen LogP contribution is -2.16. The van der Waals surface area contributed by atoms with Crippen molar-refractivity contribution in [2.45, 2.75) is 44.9 Å². The number of carbonyl (C=O) groups excluding carboxylic acids is 2. The highest BCUT2D eigenvalue weighted by atomic mass is 32.1. The third-order valence-electron chi connectivity index (χ3n) is 4.73. The number of Topliss-reactive ketones (excluding diaryl/α,β-unsaturated/α-hetero) is 2. The average molecular weight is 389 g/mol.